The molecule has 0 spiro atoms. The summed E-state index contributed by atoms with van der Waals surface area (Å²) < 4.78 is 0. The van der Waals surface area contributed by atoms with Crippen LogP contribution in [0.25, 0.3) is 56.8 Å². The van der Waals surface area contributed by atoms with E-state index in [4.69, 9.17) is 16.6 Å². The van der Waals surface area contributed by atoms with Crippen molar-refractivity contribution in [2.75, 3.05) is 0 Å². The number of halogens is 1. The summed E-state index contributed by atoms with van der Waals surface area (Å²) in [6.07, 6.45) is 10.1. The lowest BCUT2D eigenvalue weighted by molar-refractivity contribution is 0.874. The second kappa shape index (κ2) is 12.5. The highest BCUT2D eigenvalue weighted by Crippen LogP contribution is 2.37. The number of H-pyrrole nitrogens is 1. The molecule has 2 aromatic heterocycles. The number of fused-ring (bicyclic) bond motifs is 4. The third-order valence-corrected chi connectivity index (χ3v) is 10.2. The Bertz CT molecular complexity index is 2420. The first-order valence-electron chi connectivity index (χ1n) is 17.1. The molecule has 3 nitrogen and oxygen atoms in total. The molecule has 2 aliphatic carbocycles. The Kier molecular flexibility index (Phi) is 7.56. The van der Waals surface area contributed by atoms with Crippen LogP contribution in [-0.4, -0.2) is 15.0 Å². The number of benzene rings is 5. The smallest absolute Gasteiger partial charge is 0.161 e. The van der Waals surface area contributed by atoms with Crippen molar-refractivity contribution in [1.29, 1.82) is 0 Å². The van der Waals surface area contributed by atoms with Gasteiger partial charge in [-0.1, -0.05) is 133 Å². The van der Waals surface area contributed by atoms with Crippen molar-refractivity contribution >= 4 is 34.7 Å². The lowest BCUT2D eigenvalue weighted by Crippen LogP contribution is -2.06. The number of allylic oxidation sites excluding steroid dienone is 2. The minimum atomic E-state index is 0.435. The molecule has 0 radical (unpaired) electrons. The predicted molar refractivity (Wildman–Crippen MR) is 203 cm³/mol. The first kappa shape index (κ1) is 29.6. The highest BCUT2D eigenvalue weighted by molar-refractivity contribution is 6.29. The molecular weight excluding hydrogens is 618 g/mol. The van der Waals surface area contributed by atoms with E-state index < -0.39 is 0 Å². The van der Waals surface area contributed by atoms with Gasteiger partial charge in [0.1, 0.15) is 5.15 Å². The number of rotatable bonds is 6. The minimum absolute atomic E-state index is 0.435. The molecule has 9 rings (SSSR count). The van der Waals surface area contributed by atoms with Crippen LogP contribution in [0.15, 0.2) is 139 Å². The number of para-hydroxylation sites is 1. The van der Waals surface area contributed by atoms with Crippen LogP contribution >= 0.6 is 11.6 Å². The van der Waals surface area contributed by atoms with Gasteiger partial charge in [0.2, 0.25) is 0 Å². The maximum absolute atomic E-state index is 6.41. The van der Waals surface area contributed by atoms with E-state index in [2.05, 4.69) is 113 Å². The maximum Gasteiger partial charge on any atom is 0.161 e. The van der Waals surface area contributed by atoms with E-state index >= 15 is 0 Å². The van der Waals surface area contributed by atoms with Gasteiger partial charge in [-0.05, 0) is 94.3 Å². The van der Waals surface area contributed by atoms with Gasteiger partial charge in [-0.15, -0.1) is 0 Å². The Morgan fingerprint density at radius 2 is 1.33 bits per heavy atom. The molecule has 0 aliphatic heterocycles. The normalized spacial score (nSPS) is 13.8. The highest BCUT2D eigenvalue weighted by atomic mass is 35.5. The van der Waals surface area contributed by atoms with E-state index in [1.807, 2.05) is 36.4 Å². The van der Waals surface area contributed by atoms with Gasteiger partial charge in [0, 0.05) is 33.8 Å². The van der Waals surface area contributed by atoms with Gasteiger partial charge in [0.25, 0.3) is 0 Å². The average Bonchev–Trinajstić information content (AvgIpc) is 3.53. The molecule has 5 aromatic carbocycles. The first-order valence-corrected chi connectivity index (χ1v) is 17.4. The van der Waals surface area contributed by atoms with E-state index in [0.717, 1.165) is 54.5 Å². The van der Waals surface area contributed by atoms with Crippen LogP contribution in [0, 0.1) is 0 Å². The summed E-state index contributed by atoms with van der Waals surface area (Å²) in [5, 5.41) is 1.80. The summed E-state index contributed by atoms with van der Waals surface area (Å²) >= 11 is 6.41. The van der Waals surface area contributed by atoms with E-state index in [0.29, 0.717) is 11.0 Å². The van der Waals surface area contributed by atoms with Gasteiger partial charge in [-0.2, -0.15) is 0 Å². The van der Waals surface area contributed by atoms with E-state index in [9.17, 15) is 0 Å². The molecule has 7 aromatic rings. The lowest BCUT2D eigenvalue weighted by atomic mass is 9.83. The summed E-state index contributed by atoms with van der Waals surface area (Å²) in [4.78, 5) is 13.0. The van der Waals surface area contributed by atoms with Gasteiger partial charge in [-0.25, -0.2) is 9.97 Å². The standard InChI is InChI=1S/C45H34ClN3/c46-44-28-42(33-8-2-1-3-9-33)48-45(49-44)34-18-15-31(16-19-34)35-10-6-7-29(24-35)23-30-13-14-32-17-20-36(26-38(32)25-30)37-21-22-40-39-11-4-5-12-41(39)47-43(40)27-37/h1-16,18-19,24-28,47H,17,20-23H2. The average molecular weight is 652 g/mol. The van der Waals surface area contributed by atoms with Gasteiger partial charge >= 0.3 is 0 Å². The molecule has 0 amide bonds. The summed E-state index contributed by atoms with van der Waals surface area (Å²) in [5.41, 5.74) is 17.5. The number of aryl methyl sites for hydroxylation is 2. The third kappa shape index (κ3) is 5.92. The number of aromatic nitrogens is 3. The van der Waals surface area contributed by atoms with E-state index in [-0.39, 0.29) is 0 Å². The Morgan fingerprint density at radius 1 is 0.571 bits per heavy atom. The minimum Gasteiger partial charge on any atom is -0.355 e. The largest absolute Gasteiger partial charge is 0.355 e. The molecule has 0 fully saturated rings. The zero-order valence-corrected chi connectivity index (χ0v) is 27.8. The number of hydrogen-bond acceptors (Lipinski definition) is 2. The quantitative estimate of drug-likeness (QED) is 0.182. The topological polar surface area (TPSA) is 41.6 Å². The van der Waals surface area contributed by atoms with Crippen molar-refractivity contribution in [2.24, 2.45) is 0 Å². The first-order chi connectivity index (χ1) is 24.1. The van der Waals surface area contributed by atoms with Crippen LogP contribution in [0.4, 0.5) is 0 Å². The summed E-state index contributed by atoms with van der Waals surface area (Å²) in [6, 6.07) is 44.9. The number of hydrogen-bond donors (Lipinski definition) is 1. The van der Waals surface area contributed by atoms with Crippen molar-refractivity contribution in [3.05, 3.63) is 177 Å². The van der Waals surface area contributed by atoms with Crippen molar-refractivity contribution in [1.82, 2.24) is 15.0 Å². The molecule has 0 atom stereocenters. The van der Waals surface area contributed by atoms with Crippen molar-refractivity contribution in [3.63, 3.8) is 0 Å². The fourth-order valence-corrected chi connectivity index (χ4v) is 7.67. The predicted octanol–water partition coefficient (Wildman–Crippen LogP) is 11.6. The Hall–Kier alpha value is -5.51. The van der Waals surface area contributed by atoms with Crippen LogP contribution in [0.3, 0.4) is 0 Å². The van der Waals surface area contributed by atoms with Gasteiger partial charge in [-0.3, -0.25) is 0 Å². The van der Waals surface area contributed by atoms with Gasteiger partial charge in [0.15, 0.2) is 5.82 Å². The summed E-state index contributed by atoms with van der Waals surface area (Å²) in [6.45, 7) is 0. The molecule has 49 heavy (non-hydrogen) atoms. The Balaban J connectivity index is 0.940. The number of nitrogens with zero attached hydrogens (tertiary/aromatic N) is 2. The maximum atomic E-state index is 6.41. The molecule has 0 bridgehead atoms. The van der Waals surface area contributed by atoms with E-state index in [1.165, 1.54) is 61.1 Å². The molecule has 1 N–H and O–H groups in total. The summed E-state index contributed by atoms with van der Waals surface area (Å²) in [7, 11) is 0. The molecule has 236 valence electrons. The van der Waals surface area contributed by atoms with E-state index in [1.54, 1.807) is 0 Å². The molecule has 0 saturated carbocycles. The van der Waals surface area contributed by atoms with Crippen LogP contribution in [0.1, 0.15) is 46.4 Å². The highest BCUT2D eigenvalue weighted by Gasteiger charge is 2.20. The third-order valence-electron chi connectivity index (χ3n) is 10.0. The zero-order chi connectivity index (χ0) is 32.7. The summed E-state index contributed by atoms with van der Waals surface area (Å²) in [5.74, 6) is 0.624. The fraction of sp³-hybridized carbons (Fsp3) is 0.111. The fourth-order valence-electron chi connectivity index (χ4n) is 7.48. The lowest BCUT2D eigenvalue weighted by Gasteiger charge is -2.22. The van der Waals surface area contributed by atoms with Crippen LogP contribution in [-0.2, 0) is 19.3 Å². The molecule has 2 heterocycles. The second-order valence-corrected chi connectivity index (χ2v) is 13.5. The van der Waals surface area contributed by atoms with Crippen molar-refractivity contribution < 1.29 is 0 Å². The molecule has 0 saturated heterocycles. The van der Waals surface area contributed by atoms with Gasteiger partial charge in [0.05, 0.1) is 5.69 Å². The van der Waals surface area contributed by atoms with Crippen molar-refractivity contribution in [3.8, 4) is 33.8 Å². The Morgan fingerprint density at radius 3 is 2.22 bits per heavy atom. The number of aromatic amines is 1. The van der Waals surface area contributed by atoms with Gasteiger partial charge < -0.3 is 4.98 Å². The number of nitrogens with one attached hydrogen (secondary N) is 1. The van der Waals surface area contributed by atoms with Crippen LogP contribution in [0.2, 0.25) is 5.15 Å². The SMILES string of the molecule is Clc1cc(-c2ccccc2)nc(-c2ccc(-c3cccc(Cc4ccc5c(c4)C=C(C4=Cc6[nH]c7ccccc7c6CC4)CC5)c3)cc2)n1. The molecule has 0 unspecified atom stereocenters. The van der Waals surface area contributed by atoms with Crippen molar-refractivity contribution in [2.45, 2.75) is 32.1 Å². The zero-order valence-electron chi connectivity index (χ0n) is 27.1. The Labute approximate surface area is 291 Å². The molecular formula is C45H34ClN3. The van der Waals surface area contributed by atoms with Crippen LogP contribution in [0.5, 0.6) is 0 Å². The second-order valence-electron chi connectivity index (χ2n) is 13.2. The monoisotopic (exact) mass is 651 g/mol. The molecule has 4 heteroatoms. The van der Waals surface area contributed by atoms with Crippen LogP contribution < -0.4 is 0 Å². The molecule has 2 aliphatic rings.